The van der Waals surface area contributed by atoms with Crippen LogP contribution in [0.2, 0.25) is 0 Å². The molecule has 2 fully saturated rings. The fraction of sp³-hybridized carbons (Fsp3) is 0.385. The molecule has 0 unspecified atom stereocenters. The summed E-state index contributed by atoms with van der Waals surface area (Å²) in [6.07, 6.45) is 8.23. The number of hydrogen-bond donors (Lipinski definition) is 1. The van der Waals surface area contributed by atoms with Gasteiger partial charge in [0.05, 0.1) is 17.8 Å². The maximum atomic E-state index is 13.7. The second-order valence-electron chi connectivity index (χ2n) is 8.96. The molecule has 1 N–H and O–H groups in total. The Hall–Kier alpha value is -2.73. The smallest absolute Gasteiger partial charge is 0.174 e. The highest BCUT2D eigenvalue weighted by Crippen LogP contribution is 2.44. The van der Waals surface area contributed by atoms with Gasteiger partial charge in [-0.05, 0) is 86.9 Å². The molecule has 32 heavy (non-hydrogen) atoms. The van der Waals surface area contributed by atoms with Crippen LogP contribution in [0, 0.1) is 19.7 Å². The second-order valence-corrected chi connectivity index (χ2v) is 9.35. The molecule has 1 saturated heterocycles. The minimum absolute atomic E-state index is 0.0635. The molecule has 0 bridgehead atoms. The third-order valence-corrected chi connectivity index (χ3v) is 7.30. The van der Waals surface area contributed by atoms with Crippen LogP contribution in [-0.4, -0.2) is 14.7 Å². The summed E-state index contributed by atoms with van der Waals surface area (Å²) < 4.78 is 16.2. The lowest BCUT2D eigenvalue weighted by Gasteiger charge is -2.30. The lowest BCUT2D eigenvalue weighted by molar-refractivity contribution is 0.345. The molecule has 2 aromatic heterocycles. The monoisotopic (exact) mass is 448 g/mol. The predicted molar refractivity (Wildman–Crippen MR) is 130 cm³/mol. The fourth-order valence-electron chi connectivity index (χ4n) is 5.55. The number of anilines is 1. The summed E-state index contributed by atoms with van der Waals surface area (Å²) in [5.41, 5.74) is 5.67. The van der Waals surface area contributed by atoms with Crippen molar-refractivity contribution < 1.29 is 4.39 Å². The van der Waals surface area contributed by atoms with Crippen LogP contribution in [0.25, 0.3) is 0 Å². The van der Waals surface area contributed by atoms with Gasteiger partial charge in [0.15, 0.2) is 5.11 Å². The predicted octanol–water partition coefficient (Wildman–Crippen LogP) is 6.32. The highest BCUT2D eigenvalue weighted by molar-refractivity contribution is 7.80. The molecule has 1 aliphatic heterocycles. The molecule has 4 nitrogen and oxygen atoms in total. The van der Waals surface area contributed by atoms with Crippen LogP contribution in [0.1, 0.15) is 72.9 Å². The van der Waals surface area contributed by atoms with E-state index in [1.807, 2.05) is 24.4 Å². The Kier molecular flexibility index (Phi) is 5.72. The average molecular weight is 449 g/mol. The number of nitrogens with zero attached hydrogens (tertiary/aromatic N) is 3. The zero-order valence-electron chi connectivity index (χ0n) is 18.6. The van der Waals surface area contributed by atoms with Gasteiger partial charge in [-0.15, -0.1) is 0 Å². The number of pyridine rings is 1. The van der Waals surface area contributed by atoms with Gasteiger partial charge in [-0.2, -0.15) is 0 Å². The van der Waals surface area contributed by atoms with E-state index >= 15 is 0 Å². The van der Waals surface area contributed by atoms with Gasteiger partial charge < -0.3 is 14.8 Å². The quantitative estimate of drug-likeness (QED) is 0.474. The van der Waals surface area contributed by atoms with E-state index in [9.17, 15) is 4.39 Å². The van der Waals surface area contributed by atoms with Crippen LogP contribution in [0.4, 0.5) is 10.1 Å². The third-order valence-electron chi connectivity index (χ3n) is 6.98. The lowest BCUT2D eigenvalue weighted by Crippen LogP contribution is -2.29. The SMILES string of the molecule is Cc1cc([C@@H]2[C@@H](c3ccccn3)NC(=S)N2c2ccc(F)cc2)c(C)n1C1CCCCC1. The number of hydrogen-bond acceptors (Lipinski definition) is 2. The standard InChI is InChI=1S/C26H29FN4S/c1-17-16-22(18(2)30(17)20-8-4-3-5-9-20)25-24(23-10-6-7-15-28-23)29-26(32)31(25)21-13-11-19(27)12-14-21/h6-7,10-16,20,24-25H,3-5,8-9H2,1-2H3,(H,29,32)/t24-,25-/m1/s1. The van der Waals surface area contributed by atoms with Crippen LogP contribution < -0.4 is 10.2 Å². The topological polar surface area (TPSA) is 33.1 Å². The van der Waals surface area contributed by atoms with Gasteiger partial charge in [-0.3, -0.25) is 4.98 Å². The molecular formula is C26H29FN4S. The van der Waals surface area contributed by atoms with Crippen molar-refractivity contribution >= 4 is 23.0 Å². The van der Waals surface area contributed by atoms with Gasteiger partial charge in [0.25, 0.3) is 0 Å². The highest BCUT2D eigenvalue weighted by Gasteiger charge is 2.42. The number of halogens is 1. The van der Waals surface area contributed by atoms with Crippen molar-refractivity contribution in [1.29, 1.82) is 0 Å². The molecule has 2 aliphatic rings. The van der Waals surface area contributed by atoms with Crippen LogP contribution in [-0.2, 0) is 0 Å². The molecule has 1 aliphatic carbocycles. The maximum absolute atomic E-state index is 13.7. The molecule has 166 valence electrons. The molecule has 5 rings (SSSR count). The van der Waals surface area contributed by atoms with Gasteiger partial charge in [0.2, 0.25) is 0 Å². The van der Waals surface area contributed by atoms with E-state index in [0.717, 1.165) is 11.4 Å². The highest BCUT2D eigenvalue weighted by atomic mass is 32.1. The van der Waals surface area contributed by atoms with E-state index in [2.05, 4.69) is 39.7 Å². The first-order valence-electron chi connectivity index (χ1n) is 11.5. The van der Waals surface area contributed by atoms with E-state index in [1.54, 1.807) is 12.1 Å². The Morgan fingerprint density at radius 1 is 1.03 bits per heavy atom. The molecule has 1 aromatic carbocycles. The molecule has 2 atom stereocenters. The second kappa shape index (κ2) is 8.66. The van der Waals surface area contributed by atoms with Crippen molar-refractivity contribution in [2.24, 2.45) is 0 Å². The molecule has 6 heteroatoms. The number of aromatic nitrogens is 2. The average Bonchev–Trinajstić information content (AvgIpc) is 3.31. The Balaban J connectivity index is 1.62. The van der Waals surface area contributed by atoms with E-state index in [0.29, 0.717) is 11.2 Å². The first-order valence-corrected chi connectivity index (χ1v) is 11.9. The van der Waals surface area contributed by atoms with Crippen LogP contribution in [0.15, 0.2) is 54.7 Å². The number of rotatable bonds is 4. The Morgan fingerprint density at radius 3 is 2.47 bits per heavy atom. The third kappa shape index (κ3) is 3.71. The number of aryl methyl sites for hydroxylation is 1. The van der Waals surface area contributed by atoms with E-state index in [4.69, 9.17) is 12.2 Å². The minimum Gasteiger partial charge on any atom is -0.351 e. The number of benzene rings is 1. The first kappa shape index (κ1) is 21.1. The van der Waals surface area contributed by atoms with Crippen LogP contribution in [0.5, 0.6) is 0 Å². The molecule has 0 radical (unpaired) electrons. The van der Waals surface area contributed by atoms with Crippen molar-refractivity contribution in [3.05, 3.63) is 83.2 Å². The van der Waals surface area contributed by atoms with Crippen molar-refractivity contribution in [3.63, 3.8) is 0 Å². The zero-order chi connectivity index (χ0) is 22.2. The van der Waals surface area contributed by atoms with Crippen molar-refractivity contribution in [3.8, 4) is 0 Å². The molecular weight excluding hydrogens is 419 g/mol. The largest absolute Gasteiger partial charge is 0.351 e. The van der Waals surface area contributed by atoms with Crippen molar-refractivity contribution in [1.82, 2.24) is 14.9 Å². The fourth-order valence-corrected chi connectivity index (χ4v) is 5.90. The Labute approximate surface area is 194 Å². The van der Waals surface area contributed by atoms with E-state index < -0.39 is 0 Å². The summed E-state index contributed by atoms with van der Waals surface area (Å²) in [7, 11) is 0. The molecule has 0 spiro atoms. The summed E-state index contributed by atoms with van der Waals surface area (Å²) in [5, 5.41) is 4.15. The summed E-state index contributed by atoms with van der Waals surface area (Å²) in [6, 6.07) is 15.3. The van der Waals surface area contributed by atoms with Crippen LogP contribution in [0.3, 0.4) is 0 Å². The Bertz CT molecular complexity index is 1100. The first-order chi connectivity index (χ1) is 15.5. The van der Waals surface area contributed by atoms with Gasteiger partial charge in [-0.1, -0.05) is 25.3 Å². The summed E-state index contributed by atoms with van der Waals surface area (Å²) in [6.45, 7) is 4.44. The van der Waals surface area contributed by atoms with Gasteiger partial charge in [0.1, 0.15) is 5.82 Å². The number of thiocarbonyl (C=S) groups is 1. The molecule has 3 heterocycles. The van der Waals surface area contributed by atoms with Crippen LogP contribution >= 0.6 is 12.2 Å². The summed E-state index contributed by atoms with van der Waals surface area (Å²) >= 11 is 5.80. The molecule has 3 aromatic rings. The summed E-state index contributed by atoms with van der Waals surface area (Å²) in [5.74, 6) is -0.250. The van der Waals surface area contributed by atoms with Crippen molar-refractivity contribution in [2.75, 3.05) is 4.90 Å². The van der Waals surface area contributed by atoms with Gasteiger partial charge in [0, 0.05) is 29.3 Å². The van der Waals surface area contributed by atoms with Crippen molar-refractivity contribution in [2.45, 2.75) is 64.1 Å². The molecule has 0 amide bonds. The molecule has 1 saturated carbocycles. The Morgan fingerprint density at radius 2 is 1.78 bits per heavy atom. The van der Waals surface area contributed by atoms with E-state index in [1.165, 1.54) is 61.2 Å². The maximum Gasteiger partial charge on any atom is 0.174 e. The zero-order valence-corrected chi connectivity index (χ0v) is 19.4. The summed E-state index contributed by atoms with van der Waals surface area (Å²) in [4.78, 5) is 6.77. The van der Waals surface area contributed by atoms with Gasteiger partial charge >= 0.3 is 0 Å². The lowest BCUT2D eigenvalue weighted by atomic mass is 9.94. The number of nitrogens with one attached hydrogen (secondary N) is 1. The van der Waals surface area contributed by atoms with Gasteiger partial charge in [-0.25, -0.2) is 4.39 Å². The van der Waals surface area contributed by atoms with E-state index in [-0.39, 0.29) is 17.9 Å². The normalized spacial score (nSPS) is 21.7. The minimum atomic E-state index is -0.250.